The van der Waals surface area contributed by atoms with Gasteiger partial charge < -0.3 is 4.65 Å². The van der Waals surface area contributed by atoms with E-state index in [-0.39, 0.29) is 0 Å². The molecule has 2 heteroatoms. The van der Waals surface area contributed by atoms with E-state index < -0.39 is 0 Å². The molecular formula is C10H15BO. The summed E-state index contributed by atoms with van der Waals surface area (Å²) >= 11 is 0. The van der Waals surface area contributed by atoms with Gasteiger partial charge in [-0.05, 0) is 37.1 Å². The summed E-state index contributed by atoms with van der Waals surface area (Å²) in [4.78, 5) is 0. The van der Waals surface area contributed by atoms with Gasteiger partial charge in [0.2, 0.25) is 0 Å². The third kappa shape index (κ3) is 3.47. The van der Waals surface area contributed by atoms with Crippen molar-refractivity contribution in [2.45, 2.75) is 27.7 Å². The summed E-state index contributed by atoms with van der Waals surface area (Å²) in [5.74, 6) is 0.720. The van der Waals surface area contributed by atoms with Gasteiger partial charge in [-0.1, -0.05) is 19.9 Å². The molecule has 0 saturated heterocycles. The van der Waals surface area contributed by atoms with E-state index in [2.05, 4.69) is 10.7 Å². The van der Waals surface area contributed by atoms with E-state index in [9.17, 15) is 0 Å². The molecule has 64 valence electrons. The number of aryl methyl sites for hydroxylation is 2. The van der Waals surface area contributed by atoms with Crippen molar-refractivity contribution in [1.82, 2.24) is 0 Å². The van der Waals surface area contributed by atoms with Crippen LogP contribution >= 0.6 is 0 Å². The standard InChI is InChI=1S/C8H9BO.C2H6/c1-6-3-7(2)5-8(4-6)10-9;1-2/h3-5H,1-2H3;1-2H3. The molecule has 0 heterocycles. The maximum atomic E-state index is 4.99. The van der Waals surface area contributed by atoms with Gasteiger partial charge in [-0.3, -0.25) is 0 Å². The Morgan fingerprint density at radius 3 is 1.75 bits per heavy atom. The van der Waals surface area contributed by atoms with Crippen LogP contribution in [0.2, 0.25) is 0 Å². The highest BCUT2D eigenvalue weighted by molar-refractivity contribution is 5.99. The van der Waals surface area contributed by atoms with E-state index in [1.54, 1.807) is 0 Å². The molecule has 0 N–H and O–H groups in total. The second-order valence-corrected chi connectivity index (χ2v) is 2.44. The third-order valence-corrected chi connectivity index (χ3v) is 1.33. The Morgan fingerprint density at radius 2 is 1.42 bits per heavy atom. The third-order valence-electron chi connectivity index (χ3n) is 1.33. The molecule has 0 fully saturated rings. The molecule has 0 unspecified atom stereocenters. The Morgan fingerprint density at radius 1 is 1.00 bits per heavy atom. The Kier molecular flexibility index (Phi) is 5.26. The van der Waals surface area contributed by atoms with E-state index >= 15 is 0 Å². The lowest BCUT2D eigenvalue weighted by Gasteiger charge is -2.02. The SMILES string of the molecule is CC.[B]Oc1cc(C)cc(C)c1. The van der Waals surface area contributed by atoms with Crippen molar-refractivity contribution in [3.05, 3.63) is 29.3 Å². The van der Waals surface area contributed by atoms with Crippen molar-refractivity contribution in [1.29, 1.82) is 0 Å². The molecule has 0 aromatic heterocycles. The van der Waals surface area contributed by atoms with Crippen LogP contribution in [0.4, 0.5) is 0 Å². The maximum absolute atomic E-state index is 4.99. The molecule has 0 aliphatic rings. The van der Waals surface area contributed by atoms with Gasteiger partial charge in [0, 0.05) is 0 Å². The molecular weight excluding hydrogens is 147 g/mol. The topological polar surface area (TPSA) is 9.23 Å². The van der Waals surface area contributed by atoms with Crippen LogP contribution in [0.5, 0.6) is 5.75 Å². The van der Waals surface area contributed by atoms with Crippen molar-refractivity contribution in [3.63, 3.8) is 0 Å². The Bertz CT molecular complexity index is 213. The van der Waals surface area contributed by atoms with E-state index in [0.717, 1.165) is 5.75 Å². The zero-order valence-corrected chi connectivity index (χ0v) is 8.22. The van der Waals surface area contributed by atoms with E-state index in [1.807, 2.05) is 39.8 Å². The molecule has 0 spiro atoms. The zero-order valence-electron chi connectivity index (χ0n) is 8.22. The van der Waals surface area contributed by atoms with Gasteiger partial charge in [0.1, 0.15) is 0 Å². The highest BCUT2D eigenvalue weighted by Crippen LogP contribution is 2.14. The van der Waals surface area contributed by atoms with Gasteiger partial charge >= 0.3 is 8.05 Å². The maximum Gasteiger partial charge on any atom is 0.374 e. The van der Waals surface area contributed by atoms with Gasteiger partial charge in [-0.15, -0.1) is 0 Å². The minimum absolute atomic E-state index is 0.720. The molecule has 0 atom stereocenters. The fourth-order valence-electron chi connectivity index (χ4n) is 1.00. The zero-order chi connectivity index (χ0) is 9.56. The first-order valence-electron chi connectivity index (χ1n) is 4.17. The smallest absolute Gasteiger partial charge is 0.374 e. The minimum atomic E-state index is 0.720. The van der Waals surface area contributed by atoms with Gasteiger partial charge in [-0.2, -0.15) is 0 Å². The first-order chi connectivity index (χ1) is 5.72. The second kappa shape index (κ2) is 5.70. The summed E-state index contributed by atoms with van der Waals surface area (Å²) < 4.78 is 4.58. The van der Waals surface area contributed by atoms with Gasteiger partial charge in [0.15, 0.2) is 0 Å². The lowest BCUT2D eigenvalue weighted by atomic mass is 10.1. The normalized spacial score (nSPS) is 8.33. The molecule has 1 nitrogen and oxygen atoms in total. The van der Waals surface area contributed by atoms with Crippen LogP contribution in [-0.4, -0.2) is 8.05 Å². The molecule has 12 heavy (non-hydrogen) atoms. The van der Waals surface area contributed by atoms with Gasteiger partial charge in [0.25, 0.3) is 0 Å². The quantitative estimate of drug-likeness (QED) is 0.577. The lowest BCUT2D eigenvalue weighted by molar-refractivity contribution is 0.615. The van der Waals surface area contributed by atoms with Crippen LogP contribution in [0.15, 0.2) is 18.2 Å². The predicted octanol–water partition coefficient (Wildman–Crippen LogP) is 2.79. The fraction of sp³-hybridized carbons (Fsp3) is 0.400. The molecule has 2 radical (unpaired) electrons. The highest BCUT2D eigenvalue weighted by atomic mass is 16.4. The van der Waals surface area contributed by atoms with Crippen LogP contribution < -0.4 is 4.65 Å². The van der Waals surface area contributed by atoms with Crippen LogP contribution in [0.25, 0.3) is 0 Å². The van der Waals surface area contributed by atoms with Crippen molar-refractivity contribution in [3.8, 4) is 5.75 Å². The van der Waals surface area contributed by atoms with Crippen LogP contribution in [0, 0.1) is 13.8 Å². The monoisotopic (exact) mass is 162 g/mol. The molecule has 1 aromatic rings. The number of rotatable bonds is 1. The van der Waals surface area contributed by atoms with Gasteiger partial charge in [-0.25, -0.2) is 0 Å². The molecule has 1 aromatic carbocycles. The summed E-state index contributed by atoms with van der Waals surface area (Å²) in [6, 6.07) is 5.86. The number of hydrogen-bond acceptors (Lipinski definition) is 1. The molecule has 0 bridgehead atoms. The first-order valence-corrected chi connectivity index (χ1v) is 4.17. The van der Waals surface area contributed by atoms with Gasteiger partial charge in [0.05, 0.1) is 5.75 Å². The van der Waals surface area contributed by atoms with E-state index in [4.69, 9.17) is 8.05 Å². The molecule has 0 saturated carbocycles. The Hall–Kier alpha value is -0.915. The van der Waals surface area contributed by atoms with Crippen LogP contribution in [0.1, 0.15) is 25.0 Å². The van der Waals surface area contributed by atoms with Crippen LogP contribution in [0.3, 0.4) is 0 Å². The van der Waals surface area contributed by atoms with Crippen molar-refractivity contribution in [2.75, 3.05) is 0 Å². The van der Waals surface area contributed by atoms with E-state index in [0.29, 0.717) is 0 Å². The molecule has 0 amide bonds. The lowest BCUT2D eigenvalue weighted by Crippen LogP contribution is -1.86. The summed E-state index contributed by atoms with van der Waals surface area (Å²) in [6.07, 6.45) is 0. The van der Waals surface area contributed by atoms with Crippen molar-refractivity contribution in [2.24, 2.45) is 0 Å². The van der Waals surface area contributed by atoms with Crippen LogP contribution in [-0.2, 0) is 0 Å². The highest BCUT2D eigenvalue weighted by Gasteiger charge is 1.91. The molecule has 0 aliphatic heterocycles. The second-order valence-electron chi connectivity index (χ2n) is 2.44. The molecule has 0 aliphatic carbocycles. The average Bonchev–Trinajstić information content (AvgIpc) is 2.06. The largest absolute Gasteiger partial charge is 0.568 e. The van der Waals surface area contributed by atoms with Crippen molar-refractivity contribution >= 4 is 8.05 Å². The summed E-state index contributed by atoms with van der Waals surface area (Å²) in [6.45, 7) is 8.02. The fourth-order valence-corrected chi connectivity index (χ4v) is 1.00. The Balaban J connectivity index is 0.000000561. The summed E-state index contributed by atoms with van der Waals surface area (Å²) in [7, 11) is 4.99. The van der Waals surface area contributed by atoms with E-state index in [1.165, 1.54) is 11.1 Å². The molecule has 1 rings (SSSR count). The average molecular weight is 162 g/mol. The number of hydrogen-bond donors (Lipinski definition) is 0. The first kappa shape index (κ1) is 11.1. The summed E-state index contributed by atoms with van der Waals surface area (Å²) in [5, 5.41) is 0. The number of benzene rings is 1. The minimum Gasteiger partial charge on any atom is -0.568 e. The van der Waals surface area contributed by atoms with Crippen molar-refractivity contribution < 1.29 is 4.65 Å². The predicted molar refractivity (Wildman–Crippen MR) is 53.6 cm³/mol. The Labute approximate surface area is 76.2 Å². The summed E-state index contributed by atoms with van der Waals surface area (Å²) in [5.41, 5.74) is 2.33.